The number of methoxy groups -OCH3 is 1. The van der Waals surface area contributed by atoms with Gasteiger partial charge < -0.3 is 4.74 Å². The average molecular weight is 218 g/mol. The van der Waals surface area contributed by atoms with Crippen LogP contribution in [-0.2, 0) is 6.42 Å². The summed E-state index contributed by atoms with van der Waals surface area (Å²) in [4.78, 5) is 12.1. The molecule has 0 amide bonds. The molecule has 2 nitrogen and oxygen atoms in total. The number of carbonyl (C=O) groups excluding carboxylic acids is 1. The molecule has 1 aliphatic carbocycles. The third-order valence-corrected chi connectivity index (χ3v) is 3.45. The summed E-state index contributed by atoms with van der Waals surface area (Å²) in [6, 6.07) is 2.05. The fourth-order valence-electron chi connectivity index (χ4n) is 2.56. The van der Waals surface area contributed by atoms with E-state index in [4.69, 9.17) is 4.74 Å². The van der Waals surface area contributed by atoms with Gasteiger partial charge in [0.1, 0.15) is 5.75 Å². The lowest BCUT2D eigenvalue weighted by atomic mass is 9.92. The van der Waals surface area contributed by atoms with Crippen LogP contribution in [0.4, 0.5) is 0 Å². The van der Waals surface area contributed by atoms with Crippen LogP contribution in [-0.4, -0.2) is 12.9 Å². The fourth-order valence-corrected chi connectivity index (χ4v) is 2.56. The Morgan fingerprint density at radius 2 is 1.88 bits per heavy atom. The minimum absolute atomic E-state index is 0.284. The molecular weight excluding hydrogens is 200 g/mol. The van der Waals surface area contributed by atoms with Crippen molar-refractivity contribution in [1.82, 2.24) is 0 Å². The van der Waals surface area contributed by atoms with E-state index in [1.807, 2.05) is 13.0 Å². The van der Waals surface area contributed by atoms with Gasteiger partial charge in [0.15, 0.2) is 5.78 Å². The Hall–Kier alpha value is -1.31. The molecule has 0 atom stereocenters. The molecule has 0 saturated heterocycles. The minimum Gasteiger partial charge on any atom is -0.496 e. The molecule has 0 aliphatic heterocycles. The molecule has 0 heterocycles. The summed E-state index contributed by atoms with van der Waals surface area (Å²) in [5, 5.41) is 0. The number of hydrogen-bond acceptors (Lipinski definition) is 2. The molecule has 86 valence electrons. The summed E-state index contributed by atoms with van der Waals surface area (Å²) in [5.41, 5.74) is 4.36. The maximum atomic E-state index is 12.1. The predicted octanol–water partition coefficient (Wildman–Crippen LogP) is 3.22. The van der Waals surface area contributed by atoms with E-state index in [2.05, 4.69) is 6.92 Å². The SMILES string of the molecule is COc1cc(C)c2c(c1C)C(=O)CCCC2. The number of carbonyl (C=O) groups is 1. The number of aryl methyl sites for hydroxylation is 1. The molecular formula is C14H18O2. The first kappa shape index (κ1) is 11.2. The van der Waals surface area contributed by atoms with Gasteiger partial charge in [-0.25, -0.2) is 0 Å². The van der Waals surface area contributed by atoms with Crippen LogP contribution < -0.4 is 4.74 Å². The van der Waals surface area contributed by atoms with Crippen molar-refractivity contribution in [3.8, 4) is 5.75 Å². The van der Waals surface area contributed by atoms with Crippen LogP contribution in [0.3, 0.4) is 0 Å². The largest absolute Gasteiger partial charge is 0.496 e. The van der Waals surface area contributed by atoms with E-state index in [-0.39, 0.29) is 5.78 Å². The molecule has 16 heavy (non-hydrogen) atoms. The molecule has 0 saturated carbocycles. The van der Waals surface area contributed by atoms with E-state index in [0.717, 1.165) is 36.1 Å². The van der Waals surface area contributed by atoms with Crippen LogP contribution in [0.25, 0.3) is 0 Å². The van der Waals surface area contributed by atoms with Gasteiger partial charge in [0, 0.05) is 17.5 Å². The number of ether oxygens (including phenoxy) is 1. The number of rotatable bonds is 1. The van der Waals surface area contributed by atoms with E-state index in [1.54, 1.807) is 7.11 Å². The first-order valence-corrected chi connectivity index (χ1v) is 5.85. The Kier molecular flexibility index (Phi) is 2.99. The highest BCUT2D eigenvalue weighted by Crippen LogP contribution is 2.32. The smallest absolute Gasteiger partial charge is 0.163 e. The lowest BCUT2D eigenvalue weighted by molar-refractivity contribution is 0.0981. The van der Waals surface area contributed by atoms with Crippen molar-refractivity contribution in [3.63, 3.8) is 0 Å². The number of fused-ring (bicyclic) bond motifs is 1. The summed E-state index contributed by atoms with van der Waals surface area (Å²) < 4.78 is 5.33. The second kappa shape index (κ2) is 4.28. The topological polar surface area (TPSA) is 26.3 Å². The molecule has 1 aromatic carbocycles. The highest BCUT2D eigenvalue weighted by molar-refractivity contribution is 6.00. The van der Waals surface area contributed by atoms with Crippen LogP contribution in [0.15, 0.2) is 6.07 Å². The van der Waals surface area contributed by atoms with E-state index in [1.165, 1.54) is 11.1 Å². The molecule has 0 fully saturated rings. The van der Waals surface area contributed by atoms with E-state index < -0.39 is 0 Å². The van der Waals surface area contributed by atoms with E-state index in [9.17, 15) is 4.79 Å². The number of ketones is 1. The molecule has 0 bridgehead atoms. The highest BCUT2D eigenvalue weighted by Gasteiger charge is 2.21. The van der Waals surface area contributed by atoms with Gasteiger partial charge in [-0.2, -0.15) is 0 Å². The number of hydrogen-bond donors (Lipinski definition) is 0. The van der Waals surface area contributed by atoms with Crippen LogP contribution in [0, 0.1) is 13.8 Å². The molecule has 1 aliphatic rings. The van der Waals surface area contributed by atoms with Gasteiger partial charge in [-0.1, -0.05) is 0 Å². The quantitative estimate of drug-likeness (QED) is 0.676. The van der Waals surface area contributed by atoms with Crippen LogP contribution in [0.5, 0.6) is 5.75 Å². The lowest BCUT2D eigenvalue weighted by Gasteiger charge is -2.15. The fraction of sp³-hybridized carbons (Fsp3) is 0.500. The van der Waals surface area contributed by atoms with Gasteiger partial charge >= 0.3 is 0 Å². The van der Waals surface area contributed by atoms with Crippen molar-refractivity contribution >= 4 is 5.78 Å². The van der Waals surface area contributed by atoms with Gasteiger partial charge in [-0.15, -0.1) is 0 Å². The standard InChI is InChI=1S/C14H18O2/c1-9-8-13(16-3)10(2)14-11(9)6-4-5-7-12(14)15/h8H,4-7H2,1-3H3. The van der Waals surface area contributed by atoms with Crippen LogP contribution >= 0.6 is 0 Å². The third kappa shape index (κ3) is 1.73. The van der Waals surface area contributed by atoms with E-state index >= 15 is 0 Å². The van der Waals surface area contributed by atoms with Gasteiger partial charge in [0.05, 0.1) is 7.11 Å². The zero-order valence-electron chi connectivity index (χ0n) is 10.2. The maximum absolute atomic E-state index is 12.1. The Morgan fingerprint density at radius 3 is 2.56 bits per heavy atom. The third-order valence-electron chi connectivity index (χ3n) is 3.45. The Bertz CT molecular complexity index is 433. The van der Waals surface area contributed by atoms with Gasteiger partial charge in [-0.3, -0.25) is 4.79 Å². The minimum atomic E-state index is 0.284. The second-order valence-corrected chi connectivity index (χ2v) is 4.50. The van der Waals surface area contributed by atoms with Crippen LogP contribution in [0.1, 0.15) is 46.3 Å². The van der Waals surface area contributed by atoms with Crippen molar-refractivity contribution < 1.29 is 9.53 Å². The summed E-state index contributed by atoms with van der Waals surface area (Å²) in [5.74, 6) is 1.12. The predicted molar refractivity (Wildman–Crippen MR) is 64.4 cm³/mol. The summed E-state index contributed by atoms with van der Waals surface area (Å²) in [6.07, 6.45) is 3.83. The highest BCUT2D eigenvalue weighted by atomic mass is 16.5. The summed E-state index contributed by atoms with van der Waals surface area (Å²) in [7, 11) is 1.66. The molecule has 0 N–H and O–H groups in total. The molecule has 1 aromatic rings. The first-order chi connectivity index (χ1) is 7.65. The molecule has 0 unspecified atom stereocenters. The van der Waals surface area contributed by atoms with Crippen molar-refractivity contribution in [2.24, 2.45) is 0 Å². The second-order valence-electron chi connectivity index (χ2n) is 4.50. The monoisotopic (exact) mass is 218 g/mol. The zero-order valence-corrected chi connectivity index (χ0v) is 10.2. The summed E-state index contributed by atoms with van der Waals surface area (Å²) in [6.45, 7) is 4.06. The van der Waals surface area contributed by atoms with Crippen molar-refractivity contribution in [1.29, 1.82) is 0 Å². The Labute approximate surface area is 96.6 Å². The summed E-state index contributed by atoms with van der Waals surface area (Å²) >= 11 is 0. The number of Topliss-reactive ketones (excluding diaryl/α,β-unsaturated/α-hetero) is 1. The Balaban J connectivity index is 2.67. The zero-order chi connectivity index (χ0) is 11.7. The average Bonchev–Trinajstić information content (AvgIpc) is 2.46. The molecule has 0 radical (unpaired) electrons. The van der Waals surface area contributed by atoms with Crippen molar-refractivity contribution in [2.45, 2.75) is 39.5 Å². The van der Waals surface area contributed by atoms with Crippen LogP contribution in [0.2, 0.25) is 0 Å². The first-order valence-electron chi connectivity index (χ1n) is 5.85. The van der Waals surface area contributed by atoms with Gasteiger partial charge in [0.25, 0.3) is 0 Å². The number of benzene rings is 1. The Morgan fingerprint density at radius 1 is 1.19 bits per heavy atom. The molecule has 2 heteroatoms. The van der Waals surface area contributed by atoms with Crippen molar-refractivity contribution in [3.05, 3.63) is 28.3 Å². The van der Waals surface area contributed by atoms with Crippen molar-refractivity contribution in [2.75, 3.05) is 7.11 Å². The maximum Gasteiger partial charge on any atom is 0.163 e. The van der Waals surface area contributed by atoms with Gasteiger partial charge in [0.2, 0.25) is 0 Å². The normalized spacial score (nSPS) is 15.6. The molecule has 0 aromatic heterocycles. The molecule has 0 spiro atoms. The molecule has 2 rings (SSSR count). The van der Waals surface area contributed by atoms with Gasteiger partial charge in [-0.05, 0) is 50.3 Å². The lowest BCUT2D eigenvalue weighted by Crippen LogP contribution is -2.07. The van der Waals surface area contributed by atoms with E-state index in [0.29, 0.717) is 6.42 Å².